The predicted octanol–water partition coefficient (Wildman–Crippen LogP) is 5.39. The van der Waals surface area contributed by atoms with Gasteiger partial charge in [-0.25, -0.2) is 4.98 Å². The first kappa shape index (κ1) is 28.8. The van der Waals surface area contributed by atoms with Crippen molar-refractivity contribution < 1.29 is 4.79 Å². The van der Waals surface area contributed by atoms with Gasteiger partial charge in [-0.1, -0.05) is 42.3 Å². The molecule has 1 aliphatic heterocycles. The van der Waals surface area contributed by atoms with Gasteiger partial charge in [0, 0.05) is 43.5 Å². The number of amides is 1. The Morgan fingerprint density at radius 3 is 2.37 bits per heavy atom. The molecule has 8 heteroatoms. The van der Waals surface area contributed by atoms with Crippen molar-refractivity contribution in [2.75, 3.05) is 26.2 Å². The molecular weight excluding hydrogens is 517 g/mol. The number of nitrogens with zero attached hydrogens (tertiary/aromatic N) is 4. The zero-order valence-electron chi connectivity index (χ0n) is 21.1. The van der Waals surface area contributed by atoms with Crippen molar-refractivity contribution in [3.05, 3.63) is 101 Å². The lowest BCUT2D eigenvalue weighted by molar-refractivity contribution is 0.0564. The number of rotatable bonds is 5. The van der Waals surface area contributed by atoms with Crippen LogP contribution in [0.1, 0.15) is 45.7 Å². The van der Waals surface area contributed by atoms with E-state index in [4.69, 9.17) is 5.26 Å². The summed E-state index contributed by atoms with van der Waals surface area (Å²) in [6.07, 6.45) is 4.38. The molecule has 0 aliphatic carbocycles. The minimum absolute atomic E-state index is 0. The topological polar surface area (TPSA) is 76.0 Å². The van der Waals surface area contributed by atoms with Gasteiger partial charge in [0.25, 0.3) is 5.91 Å². The van der Waals surface area contributed by atoms with E-state index < -0.39 is 0 Å². The van der Waals surface area contributed by atoms with Crippen LogP contribution < -0.4 is 0 Å². The standard InChI is InChI=1S/C30H27N5O.2ClH/c1-2-5-24-6-3-8-26-25(24)7-4-9-27(26)30(36)35-16-14-34(15-17-35)29(28-20-32-21-33-28)18-22-10-12-23(19-31)13-11-22;;/h3-4,6-13,20-21,29H,14-18H2,1H3,(H,32,33);2*1H. The monoisotopic (exact) mass is 545 g/mol. The largest absolute Gasteiger partial charge is 0.347 e. The Hall–Kier alpha value is -3.81. The number of H-pyrrole nitrogens is 1. The number of benzene rings is 3. The maximum Gasteiger partial charge on any atom is 0.254 e. The molecule has 0 spiro atoms. The first-order chi connectivity index (χ1) is 17.7. The third-order valence-corrected chi connectivity index (χ3v) is 6.84. The Morgan fingerprint density at radius 1 is 1.00 bits per heavy atom. The molecule has 1 fully saturated rings. The zero-order valence-corrected chi connectivity index (χ0v) is 22.7. The van der Waals surface area contributed by atoms with Gasteiger partial charge in [-0.3, -0.25) is 9.69 Å². The van der Waals surface area contributed by atoms with Gasteiger partial charge in [0.2, 0.25) is 0 Å². The third-order valence-electron chi connectivity index (χ3n) is 6.84. The van der Waals surface area contributed by atoms with Gasteiger partial charge in [-0.15, -0.1) is 30.7 Å². The van der Waals surface area contributed by atoms with Crippen LogP contribution in [0.15, 0.2) is 73.2 Å². The lowest BCUT2D eigenvalue weighted by Gasteiger charge is -2.39. The quantitative estimate of drug-likeness (QED) is 0.341. The molecule has 2 heterocycles. The Labute approximate surface area is 235 Å². The van der Waals surface area contributed by atoms with Crippen molar-refractivity contribution in [2.45, 2.75) is 19.4 Å². The molecule has 4 aromatic rings. The van der Waals surface area contributed by atoms with Crippen molar-refractivity contribution in [2.24, 2.45) is 0 Å². The molecule has 1 N–H and O–H groups in total. The zero-order chi connectivity index (χ0) is 24.9. The van der Waals surface area contributed by atoms with Gasteiger partial charge in [0.15, 0.2) is 0 Å². The molecule has 1 amide bonds. The fourth-order valence-corrected chi connectivity index (χ4v) is 4.97. The number of piperazine rings is 1. The summed E-state index contributed by atoms with van der Waals surface area (Å²) in [7, 11) is 0. The SMILES string of the molecule is CC#Cc1cccc2c(C(=O)N3CCN(C(Cc4ccc(C#N)cc4)c4cnc[nH]4)CC3)cccc12.Cl.Cl. The fourth-order valence-electron chi connectivity index (χ4n) is 4.97. The predicted molar refractivity (Wildman–Crippen MR) is 155 cm³/mol. The van der Waals surface area contributed by atoms with Crippen molar-refractivity contribution >= 4 is 41.5 Å². The Morgan fingerprint density at radius 2 is 1.71 bits per heavy atom. The number of carbonyl (C=O) groups excluding carboxylic acids is 1. The average molecular weight is 547 g/mol. The summed E-state index contributed by atoms with van der Waals surface area (Å²) in [6.45, 7) is 4.67. The average Bonchev–Trinajstić information content (AvgIpc) is 3.47. The van der Waals surface area contributed by atoms with E-state index in [1.807, 2.05) is 78.7 Å². The smallest absolute Gasteiger partial charge is 0.254 e. The number of nitriles is 1. The molecule has 1 aromatic heterocycles. The van der Waals surface area contributed by atoms with Gasteiger partial charge in [-0.05, 0) is 53.9 Å². The van der Waals surface area contributed by atoms with E-state index in [-0.39, 0.29) is 36.8 Å². The highest BCUT2D eigenvalue weighted by Gasteiger charge is 2.29. The molecule has 1 unspecified atom stereocenters. The molecule has 1 atom stereocenters. The van der Waals surface area contributed by atoms with E-state index in [1.165, 1.54) is 0 Å². The van der Waals surface area contributed by atoms with Gasteiger partial charge in [0.05, 0.1) is 29.7 Å². The maximum absolute atomic E-state index is 13.6. The highest BCUT2D eigenvalue weighted by molar-refractivity contribution is 6.08. The third kappa shape index (κ3) is 6.01. The Bertz CT molecular complexity index is 1480. The summed E-state index contributed by atoms with van der Waals surface area (Å²) < 4.78 is 0. The van der Waals surface area contributed by atoms with Crippen LogP contribution in [0.4, 0.5) is 0 Å². The van der Waals surface area contributed by atoms with Crippen molar-refractivity contribution in [1.82, 2.24) is 19.8 Å². The number of fused-ring (bicyclic) bond motifs is 1. The second-order valence-electron chi connectivity index (χ2n) is 8.95. The molecule has 1 aliphatic rings. The van der Waals surface area contributed by atoms with E-state index >= 15 is 0 Å². The van der Waals surface area contributed by atoms with Crippen LogP contribution in [0.3, 0.4) is 0 Å². The first-order valence-corrected chi connectivity index (χ1v) is 12.1. The van der Waals surface area contributed by atoms with Gasteiger partial charge >= 0.3 is 0 Å². The molecular formula is C30H29Cl2N5O. The van der Waals surface area contributed by atoms with Crippen LogP contribution in [0.25, 0.3) is 10.8 Å². The van der Waals surface area contributed by atoms with E-state index in [9.17, 15) is 4.79 Å². The molecule has 0 bridgehead atoms. The maximum atomic E-state index is 13.6. The second-order valence-corrected chi connectivity index (χ2v) is 8.95. The van der Waals surface area contributed by atoms with Crippen LogP contribution in [-0.2, 0) is 6.42 Å². The second kappa shape index (κ2) is 13.1. The van der Waals surface area contributed by atoms with Crippen molar-refractivity contribution in [3.8, 4) is 17.9 Å². The minimum Gasteiger partial charge on any atom is -0.347 e. The van der Waals surface area contributed by atoms with Crippen LogP contribution in [-0.4, -0.2) is 51.9 Å². The van der Waals surface area contributed by atoms with Crippen LogP contribution in [0.2, 0.25) is 0 Å². The van der Waals surface area contributed by atoms with Crippen LogP contribution in [0, 0.1) is 23.2 Å². The summed E-state index contributed by atoms with van der Waals surface area (Å²) >= 11 is 0. The number of aromatic amines is 1. The molecule has 0 radical (unpaired) electrons. The molecule has 6 nitrogen and oxygen atoms in total. The van der Waals surface area contributed by atoms with Crippen molar-refractivity contribution in [3.63, 3.8) is 0 Å². The normalized spacial score (nSPS) is 13.8. The number of nitrogens with one attached hydrogen (secondary N) is 1. The summed E-state index contributed by atoms with van der Waals surface area (Å²) in [4.78, 5) is 25.4. The number of halogens is 2. The lowest BCUT2D eigenvalue weighted by Crippen LogP contribution is -2.50. The molecule has 38 heavy (non-hydrogen) atoms. The Kier molecular flexibility index (Phi) is 9.93. The number of hydrogen-bond donors (Lipinski definition) is 1. The highest BCUT2D eigenvalue weighted by Crippen LogP contribution is 2.27. The molecule has 194 valence electrons. The number of aromatic nitrogens is 2. The lowest BCUT2D eigenvalue weighted by atomic mass is 9.98. The summed E-state index contributed by atoms with van der Waals surface area (Å²) in [5.74, 6) is 6.18. The van der Waals surface area contributed by atoms with E-state index in [0.717, 1.165) is 52.7 Å². The van der Waals surface area contributed by atoms with Crippen molar-refractivity contribution in [1.29, 1.82) is 5.26 Å². The van der Waals surface area contributed by atoms with Gasteiger partial charge < -0.3 is 9.88 Å². The van der Waals surface area contributed by atoms with Gasteiger partial charge in [0.1, 0.15) is 0 Å². The number of carbonyl (C=O) groups is 1. The number of imidazole rings is 1. The first-order valence-electron chi connectivity index (χ1n) is 12.1. The minimum atomic E-state index is 0. The van der Waals surface area contributed by atoms with Gasteiger partial charge in [-0.2, -0.15) is 5.26 Å². The molecule has 1 saturated heterocycles. The fraction of sp³-hybridized carbons (Fsp3) is 0.233. The van der Waals surface area contributed by atoms with E-state index in [2.05, 4.69) is 32.8 Å². The molecule has 5 rings (SSSR count). The van der Waals surface area contributed by atoms with Crippen LogP contribution in [0.5, 0.6) is 0 Å². The molecule has 3 aromatic carbocycles. The van der Waals surface area contributed by atoms with Crippen LogP contribution >= 0.6 is 24.8 Å². The highest BCUT2D eigenvalue weighted by atomic mass is 35.5. The Balaban J connectivity index is 0.00000200. The molecule has 0 saturated carbocycles. The van der Waals surface area contributed by atoms with E-state index in [1.54, 1.807) is 6.33 Å². The summed E-state index contributed by atoms with van der Waals surface area (Å²) in [5.41, 5.74) is 4.54. The summed E-state index contributed by atoms with van der Waals surface area (Å²) in [5, 5.41) is 11.1. The summed E-state index contributed by atoms with van der Waals surface area (Å²) in [6, 6.07) is 21.9. The van der Waals surface area contributed by atoms with E-state index in [0.29, 0.717) is 18.7 Å². The number of hydrogen-bond acceptors (Lipinski definition) is 4.